The van der Waals surface area contributed by atoms with E-state index in [0.717, 1.165) is 18.0 Å². The summed E-state index contributed by atoms with van der Waals surface area (Å²) in [5.41, 5.74) is 0.987. The van der Waals surface area contributed by atoms with E-state index in [4.69, 9.17) is 4.74 Å². The zero-order valence-corrected chi connectivity index (χ0v) is 14.6. The van der Waals surface area contributed by atoms with Crippen LogP contribution in [-0.2, 0) is 9.53 Å². The average Bonchev–Trinajstić information content (AvgIpc) is 2.45. The summed E-state index contributed by atoms with van der Waals surface area (Å²) in [5, 5.41) is 0. The van der Waals surface area contributed by atoms with Crippen molar-refractivity contribution in [3.8, 4) is 0 Å². The van der Waals surface area contributed by atoms with Gasteiger partial charge in [0.05, 0.1) is 0 Å². The third kappa shape index (κ3) is 5.17. The lowest BCUT2D eigenvalue weighted by Gasteiger charge is -2.32. The van der Waals surface area contributed by atoms with Crippen LogP contribution < -0.4 is 0 Å². The maximum absolute atomic E-state index is 12.9. The van der Waals surface area contributed by atoms with E-state index in [1.165, 1.54) is 6.07 Å². The van der Waals surface area contributed by atoms with Gasteiger partial charge in [0.2, 0.25) is 11.9 Å². The summed E-state index contributed by atoms with van der Waals surface area (Å²) in [6.45, 7) is 8.61. The minimum atomic E-state index is -1.10. The molecule has 122 valence electrons. The predicted octanol–water partition coefficient (Wildman–Crippen LogP) is 3.24. The van der Waals surface area contributed by atoms with Gasteiger partial charge in [-0.05, 0) is 24.1 Å². The Bertz CT molecular complexity index is 502. The average molecular weight is 324 g/mol. The summed E-state index contributed by atoms with van der Waals surface area (Å²) >= 11 is 0. The number of halogens is 1. The highest BCUT2D eigenvalue weighted by Crippen LogP contribution is 2.27. The Hall–Kier alpha value is -1.27. The molecule has 0 saturated carbocycles. The van der Waals surface area contributed by atoms with Crippen LogP contribution in [0.1, 0.15) is 24.3 Å². The fourth-order valence-corrected chi connectivity index (χ4v) is 3.25. The van der Waals surface area contributed by atoms with Crippen molar-refractivity contribution in [3.05, 3.63) is 29.8 Å². The first kappa shape index (κ1) is 17.1. The molecular formula is C16H25FN2O2Si. The number of amides is 1. The highest BCUT2D eigenvalue weighted by molar-refractivity contribution is 6.76. The van der Waals surface area contributed by atoms with Gasteiger partial charge in [-0.25, -0.2) is 4.98 Å². The van der Waals surface area contributed by atoms with Gasteiger partial charge in [0, 0.05) is 39.8 Å². The van der Waals surface area contributed by atoms with Crippen molar-refractivity contribution in [1.82, 2.24) is 9.88 Å². The summed E-state index contributed by atoms with van der Waals surface area (Å²) in [6, 6.07) is 4.23. The molecule has 1 aromatic rings. The minimum Gasteiger partial charge on any atom is -0.361 e. The van der Waals surface area contributed by atoms with E-state index in [0.29, 0.717) is 26.3 Å². The molecule has 1 aliphatic heterocycles. The van der Waals surface area contributed by atoms with Crippen LogP contribution in [0.25, 0.3) is 0 Å². The Kier molecular flexibility index (Phi) is 5.69. The molecule has 2 rings (SSSR count). The van der Waals surface area contributed by atoms with Crippen molar-refractivity contribution < 1.29 is 13.9 Å². The van der Waals surface area contributed by atoms with Gasteiger partial charge in [-0.2, -0.15) is 4.39 Å². The third-order valence-electron chi connectivity index (χ3n) is 3.97. The number of likely N-dealkylation sites (tertiary alicyclic amines) is 1. The van der Waals surface area contributed by atoms with Gasteiger partial charge in [0.1, 0.15) is 6.73 Å². The van der Waals surface area contributed by atoms with E-state index < -0.39 is 14.0 Å². The van der Waals surface area contributed by atoms with E-state index >= 15 is 0 Å². The highest BCUT2D eigenvalue weighted by atomic mass is 28.3. The summed E-state index contributed by atoms with van der Waals surface area (Å²) in [4.78, 5) is 17.5. The minimum absolute atomic E-state index is 0.138. The van der Waals surface area contributed by atoms with Gasteiger partial charge in [-0.1, -0.05) is 25.7 Å². The van der Waals surface area contributed by atoms with E-state index in [1.807, 2.05) is 0 Å². The molecule has 0 radical (unpaired) electrons. The Morgan fingerprint density at radius 1 is 1.41 bits per heavy atom. The number of carbonyl (C=O) groups excluding carboxylic acids is 1. The van der Waals surface area contributed by atoms with Gasteiger partial charge in [0.15, 0.2) is 0 Å². The first-order chi connectivity index (χ1) is 10.3. The topological polar surface area (TPSA) is 42.4 Å². The zero-order chi connectivity index (χ0) is 16.2. The van der Waals surface area contributed by atoms with Crippen LogP contribution in [0.3, 0.4) is 0 Å². The quantitative estimate of drug-likeness (QED) is 0.458. The standard InChI is InChI=1S/C16H25FN2O2Si/c1-22(2,3)9-8-21-12-19-11-14(5-7-16(19)20)13-4-6-15(17)18-10-13/h4,6,10,14H,5,7-9,11-12H2,1-3H3/t14-/m1/s1. The largest absolute Gasteiger partial charge is 0.361 e. The Labute approximate surface area is 132 Å². The molecule has 2 heterocycles. The molecule has 1 atom stereocenters. The maximum Gasteiger partial charge on any atom is 0.224 e. The number of carbonyl (C=O) groups is 1. The van der Waals surface area contributed by atoms with Crippen molar-refractivity contribution in [2.75, 3.05) is 19.9 Å². The van der Waals surface area contributed by atoms with Gasteiger partial charge in [-0.15, -0.1) is 0 Å². The lowest BCUT2D eigenvalue weighted by atomic mass is 9.91. The normalized spacial score (nSPS) is 19.5. The van der Waals surface area contributed by atoms with Crippen LogP contribution in [0.15, 0.2) is 18.3 Å². The summed E-state index contributed by atoms with van der Waals surface area (Å²) in [5.74, 6) is -0.118. The molecular weight excluding hydrogens is 299 g/mol. The molecule has 22 heavy (non-hydrogen) atoms. The van der Waals surface area contributed by atoms with Gasteiger partial charge < -0.3 is 9.64 Å². The van der Waals surface area contributed by atoms with Gasteiger partial charge in [0.25, 0.3) is 0 Å². The molecule has 1 saturated heterocycles. The number of rotatable bonds is 6. The van der Waals surface area contributed by atoms with Crippen molar-refractivity contribution in [2.45, 2.75) is 44.4 Å². The first-order valence-electron chi connectivity index (χ1n) is 7.82. The number of aromatic nitrogens is 1. The molecule has 6 heteroatoms. The SMILES string of the molecule is C[Si](C)(C)CCOCN1C[C@H](c2ccc(F)nc2)CCC1=O. The molecule has 0 N–H and O–H groups in total. The molecule has 1 fully saturated rings. The number of ether oxygens (including phenoxy) is 1. The Balaban J connectivity index is 1.85. The number of pyridine rings is 1. The van der Waals surface area contributed by atoms with Crippen molar-refractivity contribution in [1.29, 1.82) is 0 Å². The van der Waals surface area contributed by atoms with Crippen LogP contribution in [-0.4, -0.2) is 43.7 Å². The van der Waals surface area contributed by atoms with Crippen LogP contribution in [0.2, 0.25) is 25.7 Å². The fourth-order valence-electron chi connectivity index (χ4n) is 2.49. The van der Waals surface area contributed by atoms with E-state index in [9.17, 15) is 9.18 Å². The number of nitrogens with zero attached hydrogens (tertiary/aromatic N) is 2. The van der Waals surface area contributed by atoms with Crippen LogP contribution in [0.4, 0.5) is 4.39 Å². The van der Waals surface area contributed by atoms with Crippen LogP contribution >= 0.6 is 0 Å². The number of hydrogen-bond acceptors (Lipinski definition) is 3. The van der Waals surface area contributed by atoms with Gasteiger partial charge in [-0.3, -0.25) is 4.79 Å². The van der Waals surface area contributed by atoms with Gasteiger partial charge >= 0.3 is 0 Å². The predicted molar refractivity (Wildman–Crippen MR) is 86.9 cm³/mol. The highest BCUT2D eigenvalue weighted by Gasteiger charge is 2.27. The van der Waals surface area contributed by atoms with Crippen LogP contribution in [0, 0.1) is 5.95 Å². The van der Waals surface area contributed by atoms with E-state index in [1.54, 1.807) is 17.2 Å². The fraction of sp³-hybridized carbons (Fsp3) is 0.625. The number of hydrogen-bond donors (Lipinski definition) is 0. The molecule has 0 spiro atoms. The van der Waals surface area contributed by atoms with E-state index in [-0.39, 0.29) is 11.8 Å². The lowest BCUT2D eigenvalue weighted by Crippen LogP contribution is -2.40. The van der Waals surface area contributed by atoms with Crippen molar-refractivity contribution in [3.63, 3.8) is 0 Å². The maximum atomic E-state index is 12.9. The Morgan fingerprint density at radius 2 is 2.18 bits per heavy atom. The Morgan fingerprint density at radius 3 is 2.82 bits per heavy atom. The monoisotopic (exact) mass is 324 g/mol. The first-order valence-corrected chi connectivity index (χ1v) is 11.5. The summed E-state index contributed by atoms with van der Waals surface area (Å²) < 4.78 is 18.6. The lowest BCUT2D eigenvalue weighted by molar-refractivity contribution is -0.139. The third-order valence-corrected chi connectivity index (χ3v) is 5.67. The smallest absolute Gasteiger partial charge is 0.224 e. The second kappa shape index (κ2) is 7.33. The van der Waals surface area contributed by atoms with Crippen molar-refractivity contribution >= 4 is 14.0 Å². The molecule has 0 aromatic carbocycles. The molecule has 1 aromatic heterocycles. The second-order valence-electron chi connectivity index (χ2n) is 7.11. The summed E-state index contributed by atoms with van der Waals surface area (Å²) in [6.07, 6.45) is 2.87. The van der Waals surface area contributed by atoms with Crippen LogP contribution in [0.5, 0.6) is 0 Å². The van der Waals surface area contributed by atoms with E-state index in [2.05, 4.69) is 24.6 Å². The zero-order valence-electron chi connectivity index (χ0n) is 13.6. The molecule has 1 amide bonds. The molecule has 0 aliphatic carbocycles. The van der Waals surface area contributed by atoms with Crippen molar-refractivity contribution in [2.24, 2.45) is 0 Å². The molecule has 0 bridgehead atoms. The summed E-state index contributed by atoms with van der Waals surface area (Å²) in [7, 11) is -1.10. The second-order valence-corrected chi connectivity index (χ2v) is 12.7. The molecule has 0 unspecified atom stereocenters. The molecule has 4 nitrogen and oxygen atoms in total. The number of piperidine rings is 1. The molecule has 1 aliphatic rings.